The predicted octanol–water partition coefficient (Wildman–Crippen LogP) is 0.211. The molecule has 0 saturated carbocycles. The van der Waals surface area contributed by atoms with E-state index in [9.17, 15) is 9.59 Å². The molecule has 1 aliphatic rings. The van der Waals surface area contributed by atoms with Gasteiger partial charge in [0, 0.05) is 13.0 Å². The Bertz CT molecular complexity index is 303. The molecule has 0 atom stereocenters. The maximum Gasteiger partial charge on any atom is 0.239 e. The quantitative estimate of drug-likeness (QED) is 0.662. The highest BCUT2D eigenvalue weighted by molar-refractivity contribution is 5.85. The van der Waals surface area contributed by atoms with Crippen LogP contribution in [0.1, 0.15) is 26.2 Å². The molecule has 1 aliphatic heterocycles. The molecule has 0 aliphatic carbocycles. The fourth-order valence-electron chi connectivity index (χ4n) is 2.32. The summed E-state index contributed by atoms with van der Waals surface area (Å²) in [4.78, 5) is 24.7. The summed E-state index contributed by atoms with van der Waals surface area (Å²) in [5.41, 5.74) is 0. The second-order valence-electron chi connectivity index (χ2n) is 5.65. The minimum absolute atomic E-state index is 0.0400. The predicted molar refractivity (Wildman–Crippen MR) is 71.0 cm³/mol. The largest absolute Gasteiger partial charge is 0.349 e. The Morgan fingerprint density at radius 1 is 1.39 bits per heavy atom. The summed E-state index contributed by atoms with van der Waals surface area (Å²) in [7, 11) is 4.33. The third-order valence-corrected chi connectivity index (χ3v) is 3.37. The highest BCUT2D eigenvalue weighted by Crippen LogP contribution is 2.08. The number of quaternary nitrogens is 1. The molecule has 1 N–H and O–H groups in total. The van der Waals surface area contributed by atoms with Crippen molar-refractivity contribution in [1.82, 2.24) is 10.2 Å². The van der Waals surface area contributed by atoms with Crippen LogP contribution >= 0.6 is 0 Å². The average molecular weight is 256 g/mol. The smallest absolute Gasteiger partial charge is 0.239 e. The van der Waals surface area contributed by atoms with Gasteiger partial charge in [-0.3, -0.25) is 9.59 Å². The molecule has 1 heterocycles. The molecule has 0 radical (unpaired) electrons. The van der Waals surface area contributed by atoms with Crippen molar-refractivity contribution in [3.8, 4) is 0 Å². The van der Waals surface area contributed by atoms with Crippen molar-refractivity contribution in [2.75, 3.05) is 46.8 Å². The van der Waals surface area contributed by atoms with E-state index >= 15 is 0 Å². The summed E-state index contributed by atoms with van der Waals surface area (Å²) in [6.45, 7) is 5.82. The molecular formula is C13H26N3O2+. The Labute approximate surface area is 110 Å². The van der Waals surface area contributed by atoms with Gasteiger partial charge in [-0.1, -0.05) is 6.92 Å². The maximum absolute atomic E-state index is 11.7. The van der Waals surface area contributed by atoms with Crippen LogP contribution in [0, 0.1) is 0 Å². The van der Waals surface area contributed by atoms with E-state index in [2.05, 4.69) is 26.3 Å². The van der Waals surface area contributed by atoms with E-state index in [-0.39, 0.29) is 18.4 Å². The molecule has 0 unspecified atom stereocenters. The molecule has 5 heteroatoms. The van der Waals surface area contributed by atoms with Gasteiger partial charge in [-0.05, 0) is 12.8 Å². The van der Waals surface area contributed by atoms with E-state index in [1.54, 1.807) is 4.90 Å². The minimum atomic E-state index is -0.0400. The van der Waals surface area contributed by atoms with Crippen LogP contribution in [0.15, 0.2) is 0 Å². The van der Waals surface area contributed by atoms with Crippen LogP contribution in [0.25, 0.3) is 0 Å². The van der Waals surface area contributed by atoms with Crippen molar-refractivity contribution in [2.45, 2.75) is 26.2 Å². The lowest BCUT2D eigenvalue weighted by atomic mass is 10.3. The summed E-state index contributed by atoms with van der Waals surface area (Å²) >= 11 is 0. The lowest BCUT2D eigenvalue weighted by Gasteiger charge is -2.29. The summed E-state index contributed by atoms with van der Waals surface area (Å²) < 4.78 is 0.916. The fourth-order valence-corrected chi connectivity index (χ4v) is 2.32. The van der Waals surface area contributed by atoms with Gasteiger partial charge in [0.15, 0.2) is 0 Å². The second-order valence-corrected chi connectivity index (χ2v) is 5.65. The number of hydrogen-bond acceptors (Lipinski definition) is 2. The Hall–Kier alpha value is -1.10. The third-order valence-electron chi connectivity index (χ3n) is 3.37. The first-order valence-electron chi connectivity index (χ1n) is 6.81. The fraction of sp³-hybridized carbons (Fsp3) is 0.846. The van der Waals surface area contributed by atoms with Crippen LogP contribution in [-0.4, -0.2) is 68.0 Å². The highest BCUT2D eigenvalue weighted by atomic mass is 16.2. The number of likely N-dealkylation sites (N-methyl/N-ethyl adjacent to an activating group) is 1. The Kier molecular flexibility index (Phi) is 5.59. The number of carbonyl (C=O) groups excluding carboxylic acids is 2. The van der Waals surface area contributed by atoms with Crippen LogP contribution < -0.4 is 5.32 Å². The van der Waals surface area contributed by atoms with Crippen molar-refractivity contribution in [3.05, 3.63) is 0 Å². The zero-order valence-electron chi connectivity index (χ0n) is 11.9. The van der Waals surface area contributed by atoms with Gasteiger partial charge < -0.3 is 14.7 Å². The molecule has 5 nitrogen and oxygen atoms in total. The molecule has 0 aromatic carbocycles. The lowest BCUT2D eigenvalue weighted by molar-refractivity contribution is -0.889. The molecule has 1 saturated heterocycles. The molecular weight excluding hydrogens is 230 g/mol. The molecule has 2 amide bonds. The maximum atomic E-state index is 11.7. The van der Waals surface area contributed by atoms with Gasteiger partial charge in [0.25, 0.3) is 0 Å². The number of carbonyl (C=O) groups is 2. The van der Waals surface area contributed by atoms with E-state index in [1.807, 2.05) is 0 Å². The Morgan fingerprint density at radius 2 is 2.11 bits per heavy atom. The highest BCUT2D eigenvalue weighted by Gasteiger charge is 2.22. The van der Waals surface area contributed by atoms with Crippen LogP contribution in [0.3, 0.4) is 0 Å². The lowest BCUT2D eigenvalue weighted by Crippen LogP contribution is -2.47. The zero-order valence-corrected chi connectivity index (χ0v) is 11.9. The minimum Gasteiger partial charge on any atom is -0.349 e. The van der Waals surface area contributed by atoms with Crippen molar-refractivity contribution in [2.24, 2.45) is 0 Å². The number of nitrogens with one attached hydrogen (secondary N) is 1. The number of amides is 2. The molecule has 0 bridgehead atoms. The van der Waals surface area contributed by atoms with Crippen LogP contribution in [0.5, 0.6) is 0 Å². The summed E-state index contributed by atoms with van der Waals surface area (Å²) in [6.07, 6.45) is 2.61. The van der Waals surface area contributed by atoms with Gasteiger partial charge in [-0.15, -0.1) is 0 Å². The molecule has 1 fully saturated rings. The first-order chi connectivity index (χ1) is 8.44. The van der Waals surface area contributed by atoms with E-state index in [0.717, 1.165) is 37.0 Å². The average Bonchev–Trinajstić information content (AvgIpc) is 2.64. The first kappa shape index (κ1) is 15.0. The SMILES string of the molecule is CCC[N+](C)(C)CCNC(=O)CN1CCCC1=O. The number of hydrogen-bond donors (Lipinski definition) is 1. The van der Waals surface area contributed by atoms with Gasteiger partial charge in [0.05, 0.1) is 40.3 Å². The summed E-state index contributed by atoms with van der Waals surface area (Å²) in [5.74, 6) is 0.0639. The van der Waals surface area contributed by atoms with Crippen molar-refractivity contribution in [1.29, 1.82) is 0 Å². The first-order valence-corrected chi connectivity index (χ1v) is 6.81. The molecule has 0 spiro atoms. The number of likely N-dealkylation sites (tertiary alicyclic amines) is 1. The molecule has 1 rings (SSSR count). The normalized spacial score (nSPS) is 16.2. The standard InChI is InChI=1S/C13H25N3O2/c1-4-9-16(2,3)10-7-14-12(17)11-15-8-5-6-13(15)18/h4-11H2,1-3H3/p+1. The van der Waals surface area contributed by atoms with E-state index in [4.69, 9.17) is 0 Å². The van der Waals surface area contributed by atoms with Crippen molar-refractivity contribution in [3.63, 3.8) is 0 Å². The van der Waals surface area contributed by atoms with E-state index < -0.39 is 0 Å². The number of rotatable bonds is 7. The van der Waals surface area contributed by atoms with Gasteiger partial charge in [-0.25, -0.2) is 0 Å². The molecule has 18 heavy (non-hydrogen) atoms. The monoisotopic (exact) mass is 256 g/mol. The van der Waals surface area contributed by atoms with E-state index in [1.165, 1.54) is 0 Å². The van der Waals surface area contributed by atoms with Crippen LogP contribution in [0.2, 0.25) is 0 Å². The Morgan fingerprint density at radius 3 is 2.67 bits per heavy atom. The summed E-state index contributed by atoms with van der Waals surface area (Å²) in [5, 5.41) is 2.90. The van der Waals surface area contributed by atoms with Crippen molar-refractivity contribution >= 4 is 11.8 Å². The van der Waals surface area contributed by atoms with Gasteiger partial charge in [0.1, 0.15) is 0 Å². The summed E-state index contributed by atoms with van der Waals surface area (Å²) in [6, 6.07) is 0. The van der Waals surface area contributed by atoms with Crippen molar-refractivity contribution < 1.29 is 14.1 Å². The van der Waals surface area contributed by atoms with Crippen LogP contribution in [-0.2, 0) is 9.59 Å². The van der Waals surface area contributed by atoms with E-state index in [0.29, 0.717) is 13.0 Å². The van der Waals surface area contributed by atoms with Gasteiger partial charge in [0.2, 0.25) is 11.8 Å². The molecule has 0 aromatic rings. The molecule has 0 aromatic heterocycles. The Balaban J connectivity index is 2.19. The topological polar surface area (TPSA) is 49.4 Å². The third kappa shape index (κ3) is 5.04. The van der Waals surface area contributed by atoms with Gasteiger partial charge in [-0.2, -0.15) is 0 Å². The number of nitrogens with zero attached hydrogens (tertiary/aromatic N) is 2. The zero-order chi connectivity index (χ0) is 13.6. The van der Waals surface area contributed by atoms with Crippen LogP contribution in [0.4, 0.5) is 0 Å². The molecule has 104 valence electrons. The van der Waals surface area contributed by atoms with Gasteiger partial charge >= 0.3 is 0 Å². The second kappa shape index (κ2) is 6.73.